The van der Waals surface area contributed by atoms with Crippen LogP contribution in [-0.4, -0.2) is 49.3 Å². The van der Waals surface area contributed by atoms with Gasteiger partial charge < -0.3 is 15.0 Å². The van der Waals surface area contributed by atoms with Gasteiger partial charge >= 0.3 is 6.18 Å². The molecule has 0 unspecified atom stereocenters. The minimum absolute atomic E-state index is 0.0728. The van der Waals surface area contributed by atoms with Gasteiger partial charge in [0, 0.05) is 30.6 Å². The first-order valence-electron chi connectivity index (χ1n) is 11.5. The molecular weight excluding hydrogens is 502 g/mol. The monoisotopic (exact) mass is 529 g/mol. The Balaban J connectivity index is 1.43. The van der Waals surface area contributed by atoms with E-state index in [4.69, 9.17) is 4.74 Å². The Morgan fingerprint density at radius 3 is 2.28 bits per heavy atom. The summed E-state index contributed by atoms with van der Waals surface area (Å²) < 4.78 is 82.3. The van der Waals surface area contributed by atoms with Crippen molar-refractivity contribution < 1.29 is 35.5 Å². The van der Waals surface area contributed by atoms with Gasteiger partial charge in [-0.3, -0.25) is 4.79 Å². The van der Waals surface area contributed by atoms with E-state index in [-0.39, 0.29) is 23.0 Å². The molecule has 0 radical (unpaired) electrons. The van der Waals surface area contributed by atoms with Gasteiger partial charge in [-0.1, -0.05) is 0 Å². The van der Waals surface area contributed by atoms with Gasteiger partial charge in [0.05, 0.1) is 4.90 Å². The van der Waals surface area contributed by atoms with E-state index in [9.17, 15) is 30.8 Å². The molecule has 1 amide bonds. The molecule has 0 spiro atoms. The molecule has 2 aliphatic rings. The number of anilines is 1. The third-order valence-corrected chi connectivity index (χ3v) is 7.74. The minimum Gasteiger partial charge on any atom is -0.477 e. The van der Waals surface area contributed by atoms with Gasteiger partial charge in [-0.05, 0) is 69.9 Å². The number of rotatable bonds is 6. The van der Waals surface area contributed by atoms with Crippen molar-refractivity contribution in [1.29, 1.82) is 0 Å². The fourth-order valence-electron chi connectivity index (χ4n) is 4.91. The Bertz CT molecular complexity index is 1230. The van der Waals surface area contributed by atoms with Crippen molar-refractivity contribution in [3.63, 3.8) is 0 Å². The number of nitrogens with one attached hydrogen (secondary N) is 1. The van der Waals surface area contributed by atoms with Crippen molar-refractivity contribution in [2.45, 2.75) is 74.3 Å². The number of ether oxygens (including phenoxy) is 1. The highest BCUT2D eigenvalue weighted by atomic mass is 32.2. The SMILES string of the molecule is CC(C)(Oc1ccc(F)cc1C(F)(F)F)C(=O)N[C@H]1C[C@H]2CC[C@@H](C1)N2c1ccc(S(C)(=O)=O)cn1. The number of halogens is 4. The van der Waals surface area contributed by atoms with Crippen molar-refractivity contribution in [3.8, 4) is 5.75 Å². The number of pyridine rings is 1. The average Bonchev–Trinajstić information content (AvgIpc) is 3.04. The highest BCUT2D eigenvalue weighted by molar-refractivity contribution is 7.90. The zero-order valence-corrected chi connectivity index (χ0v) is 20.8. The molecule has 2 saturated heterocycles. The summed E-state index contributed by atoms with van der Waals surface area (Å²) in [5, 5.41) is 2.91. The lowest BCUT2D eigenvalue weighted by Crippen LogP contribution is -2.55. The predicted molar refractivity (Wildman–Crippen MR) is 124 cm³/mol. The number of sulfone groups is 1. The van der Waals surface area contributed by atoms with E-state index in [1.807, 2.05) is 0 Å². The molecule has 1 aromatic heterocycles. The largest absolute Gasteiger partial charge is 0.477 e. The molecule has 12 heteroatoms. The topological polar surface area (TPSA) is 88.6 Å². The molecule has 7 nitrogen and oxygen atoms in total. The molecule has 1 N–H and O–H groups in total. The van der Waals surface area contributed by atoms with Gasteiger partial charge in [0.25, 0.3) is 5.91 Å². The van der Waals surface area contributed by atoms with Crippen LogP contribution in [0.1, 0.15) is 45.1 Å². The first kappa shape index (κ1) is 26.2. The standard InChI is InChI=1S/C24H27F4N3O4S/c1-23(2,35-20-8-4-14(25)10-19(20)24(26,27)28)22(32)30-15-11-16-5-6-17(12-15)31(16)21-9-7-18(13-29-21)36(3,33)34/h4,7-10,13,15-17H,5-6,11-12H2,1-3H3,(H,30,32)/t15-,16+,17-. The van der Waals surface area contributed by atoms with Gasteiger partial charge in [0.1, 0.15) is 22.9 Å². The molecule has 3 atom stereocenters. The quantitative estimate of drug-likeness (QED) is 0.567. The fraction of sp³-hybridized carbons (Fsp3) is 0.500. The summed E-state index contributed by atoms with van der Waals surface area (Å²) >= 11 is 0. The number of hydrogen-bond donors (Lipinski definition) is 1. The first-order valence-corrected chi connectivity index (χ1v) is 13.4. The maximum Gasteiger partial charge on any atom is 0.420 e. The van der Waals surface area contributed by atoms with Crippen LogP contribution in [0.5, 0.6) is 5.75 Å². The number of hydrogen-bond acceptors (Lipinski definition) is 6. The van der Waals surface area contributed by atoms with E-state index in [0.717, 1.165) is 31.2 Å². The minimum atomic E-state index is -4.84. The summed E-state index contributed by atoms with van der Waals surface area (Å²) in [4.78, 5) is 19.6. The van der Waals surface area contributed by atoms with Crippen LogP contribution in [0.15, 0.2) is 41.4 Å². The van der Waals surface area contributed by atoms with Gasteiger partial charge in [0.2, 0.25) is 0 Å². The maximum absolute atomic E-state index is 13.4. The second kappa shape index (κ2) is 9.20. The van der Waals surface area contributed by atoms with E-state index in [1.165, 1.54) is 26.1 Å². The zero-order valence-electron chi connectivity index (χ0n) is 20.0. The summed E-state index contributed by atoms with van der Waals surface area (Å²) in [5.41, 5.74) is -2.93. The van der Waals surface area contributed by atoms with Crippen molar-refractivity contribution >= 4 is 21.6 Å². The van der Waals surface area contributed by atoms with Crippen LogP contribution in [-0.2, 0) is 20.8 Å². The van der Waals surface area contributed by atoms with Crippen LogP contribution in [0.25, 0.3) is 0 Å². The lowest BCUT2D eigenvalue weighted by molar-refractivity contribution is -0.144. The van der Waals surface area contributed by atoms with Crippen molar-refractivity contribution in [2.24, 2.45) is 0 Å². The average molecular weight is 530 g/mol. The summed E-state index contributed by atoms with van der Waals surface area (Å²) in [7, 11) is -3.36. The Morgan fingerprint density at radius 1 is 1.11 bits per heavy atom. The van der Waals surface area contributed by atoms with Gasteiger partial charge in [-0.25, -0.2) is 17.8 Å². The normalized spacial score (nSPS) is 22.4. The number of aromatic nitrogens is 1. The molecule has 2 aliphatic heterocycles. The number of carbonyl (C=O) groups is 1. The number of fused-ring (bicyclic) bond motifs is 2. The molecule has 1 aromatic carbocycles. The van der Waals surface area contributed by atoms with E-state index >= 15 is 0 Å². The second-order valence-corrected chi connectivity index (χ2v) is 11.8. The van der Waals surface area contributed by atoms with Crippen molar-refractivity contribution in [2.75, 3.05) is 11.2 Å². The number of amides is 1. The molecular formula is C24H27F4N3O4S. The van der Waals surface area contributed by atoms with E-state index in [2.05, 4.69) is 15.2 Å². The van der Waals surface area contributed by atoms with Crippen molar-refractivity contribution in [1.82, 2.24) is 10.3 Å². The van der Waals surface area contributed by atoms with Crippen LogP contribution in [0.4, 0.5) is 23.4 Å². The Labute approximate surface area is 206 Å². The summed E-state index contributed by atoms with van der Waals surface area (Å²) in [6.45, 7) is 2.73. The predicted octanol–water partition coefficient (Wildman–Crippen LogP) is 4.12. The Hall–Kier alpha value is -2.89. The zero-order chi connectivity index (χ0) is 26.5. The third-order valence-electron chi connectivity index (χ3n) is 6.64. The molecule has 36 heavy (non-hydrogen) atoms. The van der Waals surface area contributed by atoms with Gasteiger partial charge in [-0.15, -0.1) is 0 Å². The lowest BCUT2D eigenvalue weighted by atomic mass is 9.96. The number of carbonyl (C=O) groups excluding carboxylic acids is 1. The smallest absolute Gasteiger partial charge is 0.420 e. The van der Waals surface area contributed by atoms with E-state index in [0.29, 0.717) is 24.7 Å². The van der Waals surface area contributed by atoms with Crippen LogP contribution < -0.4 is 15.0 Å². The fourth-order valence-corrected chi connectivity index (χ4v) is 5.47. The molecule has 4 rings (SSSR count). The molecule has 2 fully saturated rings. The molecule has 2 aromatic rings. The maximum atomic E-state index is 13.4. The van der Waals surface area contributed by atoms with Crippen LogP contribution in [0.3, 0.4) is 0 Å². The van der Waals surface area contributed by atoms with Gasteiger partial charge in [-0.2, -0.15) is 13.2 Å². The van der Waals surface area contributed by atoms with Crippen LogP contribution >= 0.6 is 0 Å². The first-order chi connectivity index (χ1) is 16.6. The Morgan fingerprint density at radius 2 is 1.75 bits per heavy atom. The molecule has 0 saturated carbocycles. The number of nitrogens with zero attached hydrogens (tertiary/aromatic N) is 2. The molecule has 196 valence electrons. The summed E-state index contributed by atoms with van der Waals surface area (Å²) in [6, 6.07) is 5.18. The van der Waals surface area contributed by atoms with Crippen molar-refractivity contribution in [3.05, 3.63) is 47.9 Å². The number of piperidine rings is 1. The summed E-state index contributed by atoms with van der Waals surface area (Å²) in [5.74, 6) is -1.59. The molecule has 0 aliphatic carbocycles. The van der Waals surface area contributed by atoms with Crippen LogP contribution in [0, 0.1) is 5.82 Å². The number of alkyl halides is 3. The third kappa shape index (κ3) is 5.42. The number of benzene rings is 1. The summed E-state index contributed by atoms with van der Waals surface area (Å²) in [6.07, 6.45) is 0.545. The van der Waals surface area contributed by atoms with E-state index in [1.54, 1.807) is 6.07 Å². The molecule has 3 heterocycles. The van der Waals surface area contributed by atoms with Gasteiger partial charge in [0.15, 0.2) is 15.4 Å². The second-order valence-electron chi connectivity index (χ2n) is 9.81. The lowest BCUT2D eigenvalue weighted by Gasteiger charge is -2.41. The van der Waals surface area contributed by atoms with E-state index < -0.39 is 44.7 Å². The highest BCUT2D eigenvalue weighted by Crippen LogP contribution is 2.40. The molecule has 2 bridgehead atoms. The highest BCUT2D eigenvalue weighted by Gasteiger charge is 2.44. The van der Waals surface area contributed by atoms with Crippen LogP contribution in [0.2, 0.25) is 0 Å². The Kier molecular flexibility index (Phi) is 6.69.